The smallest absolute Gasteiger partial charge is 0.331 e. The third-order valence-electron chi connectivity index (χ3n) is 8.39. The van der Waals surface area contributed by atoms with Gasteiger partial charge in [0.2, 0.25) is 0 Å². The summed E-state index contributed by atoms with van der Waals surface area (Å²) in [5.74, 6) is -0.426. The summed E-state index contributed by atoms with van der Waals surface area (Å²) in [5.41, 5.74) is 0. The van der Waals surface area contributed by atoms with Crippen molar-refractivity contribution in [3.8, 4) is 0 Å². The molecule has 4 heteroatoms. The first-order valence-electron chi connectivity index (χ1n) is 19.0. The number of carbonyl (C=O) groups excluding carboxylic acids is 1. The Bertz CT molecular complexity index is 600. The van der Waals surface area contributed by atoms with Crippen molar-refractivity contribution in [2.75, 3.05) is 19.8 Å². The van der Waals surface area contributed by atoms with Gasteiger partial charge in [-0.1, -0.05) is 193 Å². The molecule has 0 amide bonds. The standard InChI is InChI=1S/C39H74O4/c1-3-5-7-9-11-13-15-17-19-21-23-25-27-29-31-33-35-42-37-38(36-40)43-39(41)34-32-30-28-26-24-22-20-18-16-14-12-10-8-6-4-2/h28,30,32,34,38,40H,3-27,29,31,33,35-37H2,1-2H3/t38-/m0/s1. The van der Waals surface area contributed by atoms with Gasteiger partial charge in [0.25, 0.3) is 0 Å². The van der Waals surface area contributed by atoms with Crippen LogP contribution in [-0.4, -0.2) is 37.0 Å². The fourth-order valence-corrected chi connectivity index (χ4v) is 5.53. The fourth-order valence-electron chi connectivity index (χ4n) is 5.53. The Hall–Kier alpha value is -1.13. The highest BCUT2D eigenvalue weighted by molar-refractivity contribution is 5.82. The molecular weight excluding hydrogens is 532 g/mol. The van der Waals surface area contributed by atoms with Crippen LogP contribution in [0.4, 0.5) is 0 Å². The second-order valence-electron chi connectivity index (χ2n) is 12.7. The summed E-state index contributed by atoms with van der Waals surface area (Å²) >= 11 is 0. The minimum absolute atomic E-state index is 0.215. The average molecular weight is 607 g/mol. The number of aliphatic hydroxyl groups is 1. The van der Waals surface area contributed by atoms with E-state index in [9.17, 15) is 9.90 Å². The lowest BCUT2D eigenvalue weighted by Crippen LogP contribution is -2.26. The predicted octanol–water partition coefficient (Wildman–Crippen LogP) is 12.0. The van der Waals surface area contributed by atoms with Crippen molar-refractivity contribution < 1.29 is 19.4 Å². The Morgan fingerprint density at radius 2 is 0.953 bits per heavy atom. The van der Waals surface area contributed by atoms with Gasteiger partial charge in [-0.25, -0.2) is 4.79 Å². The Labute approximate surface area is 268 Å². The maximum Gasteiger partial charge on any atom is 0.331 e. The molecule has 43 heavy (non-hydrogen) atoms. The summed E-state index contributed by atoms with van der Waals surface area (Å²) in [6, 6.07) is 0. The number of hydrogen-bond acceptors (Lipinski definition) is 4. The molecule has 0 bridgehead atoms. The maximum atomic E-state index is 12.0. The van der Waals surface area contributed by atoms with Crippen LogP contribution in [0.2, 0.25) is 0 Å². The zero-order valence-electron chi connectivity index (χ0n) is 29.0. The fraction of sp³-hybridized carbons (Fsp3) is 0.872. The molecule has 0 aliphatic heterocycles. The Morgan fingerprint density at radius 3 is 1.37 bits per heavy atom. The van der Waals surface area contributed by atoms with Gasteiger partial charge in [-0.15, -0.1) is 0 Å². The highest BCUT2D eigenvalue weighted by Gasteiger charge is 2.11. The molecule has 0 radical (unpaired) electrons. The van der Waals surface area contributed by atoms with Crippen molar-refractivity contribution in [1.29, 1.82) is 0 Å². The number of allylic oxidation sites excluding steroid dienone is 3. The minimum atomic E-state index is -0.599. The number of carbonyl (C=O) groups is 1. The largest absolute Gasteiger partial charge is 0.454 e. The molecule has 0 aromatic heterocycles. The van der Waals surface area contributed by atoms with Crippen LogP contribution in [0, 0.1) is 0 Å². The number of ether oxygens (including phenoxy) is 2. The lowest BCUT2D eigenvalue weighted by Gasteiger charge is -2.14. The number of hydrogen-bond donors (Lipinski definition) is 1. The Balaban J connectivity index is 3.50. The summed E-state index contributed by atoms with van der Waals surface area (Å²) in [6.07, 6.45) is 44.1. The van der Waals surface area contributed by atoms with E-state index in [1.807, 2.05) is 6.08 Å². The van der Waals surface area contributed by atoms with Gasteiger partial charge in [0.05, 0.1) is 13.2 Å². The molecule has 0 heterocycles. The average Bonchev–Trinajstić information content (AvgIpc) is 3.01. The number of esters is 1. The molecule has 254 valence electrons. The molecule has 0 aromatic carbocycles. The van der Waals surface area contributed by atoms with Crippen molar-refractivity contribution in [1.82, 2.24) is 0 Å². The molecular formula is C39H74O4. The van der Waals surface area contributed by atoms with Crippen molar-refractivity contribution >= 4 is 5.97 Å². The minimum Gasteiger partial charge on any atom is -0.454 e. The van der Waals surface area contributed by atoms with E-state index in [4.69, 9.17) is 9.47 Å². The Morgan fingerprint density at radius 1 is 0.558 bits per heavy atom. The van der Waals surface area contributed by atoms with E-state index in [1.165, 1.54) is 173 Å². The first kappa shape index (κ1) is 41.9. The molecule has 0 saturated heterocycles. The summed E-state index contributed by atoms with van der Waals surface area (Å²) in [5, 5.41) is 9.53. The molecule has 0 rings (SSSR count). The van der Waals surface area contributed by atoms with Crippen LogP contribution in [0.1, 0.15) is 194 Å². The van der Waals surface area contributed by atoms with Crippen molar-refractivity contribution in [3.63, 3.8) is 0 Å². The number of unbranched alkanes of at least 4 members (excludes halogenated alkanes) is 26. The van der Waals surface area contributed by atoms with Crippen molar-refractivity contribution in [2.24, 2.45) is 0 Å². The zero-order chi connectivity index (χ0) is 31.3. The van der Waals surface area contributed by atoms with Gasteiger partial charge in [-0.2, -0.15) is 0 Å². The van der Waals surface area contributed by atoms with Gasteiger partial charge in [-0.3, -0.25) is 0 Å². The van der Waals surface area contributed by atoms with E-state index in [1.54, 1.807) is 6.08 Å². The third-order valence-corrected chi connectivity index (χ3v) is 8.39. The van der Waals surface area contributed by atoms with Crippen LogP contribution in [0.15, 0.2) is 24.3 Å². The van der Waals surface area contributed by atoms with Gasteiger partial charge in [0, 0.05) is 12.7 Å². The maximum absolute atomic E-state index is 12.0. The summed E-state index contributed by atoms with van der Waals surface area (Å²) in [6.45, 7) is 5.25. The van der Waals surface area contributed by atoms with Crippen LogP contribution in [0.5, 0.6) is 0 Å². The Kier molecular flexibility index (Phi) is 36.1. The van der Waals surface area contributed by atoms with Gasteiger partial charge in [-0.05, 0) is 19.3 Å². The molecule has 0 saturated carbocycles. The van der Waals surface area contributed by atoms with E-state index in [2.05, 4.69) is 19.9 Å². The molecule has 1 atom stereocenters. The summed E-state index contributed by atoms with van der Waals surface area (Å²) in [7, 11) is 0. The van der Waals surface area contributed by atoms with Crippen LogP contribution < -0.4 is 0 Å². The SMILES string of the molecule is CCCCCCCCCCCCCC=CC=CC(=O)O[C@@H](CO)COCCCCCCCCCCCCCCCCCC. The summed E-state index contributed by atoms with van der Waals surface area (Å²) < 4.78 is 11.0. The highest BCUT2D eigenvalue weighted by atomic mass is 16.6. The van der Waals surface area contributed by atoms with Crippen LogP contribution in [-0.2, 0) is 14.3 Å². The lowest BCUT2D eigenvalue weighted by atomic mass is 10.0. The lowest BCUT2D eigenvalue weighted by molar-refractivity contribution is -0.148. The van der Waals surface area contributed by atoms with E-state index in [0.29, 0.717) is 6.61 Å². The van der Waals surface area contributed by atoms with Gasteiger partial charge in [0.1, 0.15) is 6.10 Å². The first-order chi connectivity index (χ1) is 21.2. The molecule has 0 aromatic rings. The molecule has 0 fully saturated rings. The van der Waals surface area contributed by atoms with E-state index >= 15 is 0 Å². The molecule has 0 aliphatic rings. The second-order valence-corrected chi connectivity index (χ2v) is 12.7. The topological polar surface area (TPSA) is 55.8 Å². The first-order valence-corrected chi connectivity index (χ1v) is 19.0. The zero-order valence-corrected chi connectivity index (χ0v) is 29.0. The van der Waals surface area contributed by atoms with Crippen LogP contribution in [0.3, 0.4) is 0 Å². The molecule has 0 spiro atoms. The number of aliphatic hydroxyl groups excluding tert-OH is 1. The van der Waals surface area contributed by atoms with Crippen molar-refractivity contribution in [2.45, 2.75) is 200 Å². The quantitative estimate of drug-likeness (QED) is 0.0337. The predicted molar refractivity (Wildman–Crippen MR) is 187 cm³/mol. The normalized spacial score (nSPS) is 12.5. The molecule has 0 aliphatic carbocycles. The molecule has 4 nitrogen and oxygen atoms in total. The molecule has 0 unspecified atom stereocenters. The molecule has 1 N–H and O–H groups in total. The van der Waals surface area contributed by atoms with Crippen LogP contribution >= 0.6 is 0 Å². The van der Waals surface area contributed by atoms with E-state index < -0.39 is 12.1 Å². The van der Waals surface area contributed by atoms with E-state index in [-0.39, 0.29) is 13.2 Å². The van der Waals surface area contributed by atoms with E-state index in [0.717, 1.165) is 12.8 Å². The summed E-state index contributed by atoms with van der Waals surface area (Å²) in [4.78, 5) is 12.0. The van der Waals surface area contributed by atoms with Gasteiger partial charge in [0.15, 0.2) is 0 Å². The number of rotatable bonds is 35. The van der Waals surface area contributed by atoms with Gasteiger partial charge < -0.3 is 14.6 Å². The third kappa shape index (κ3) is 35.2. The van der Waals surface area contributed by atoms with Crippen molar-refractivity contribution in [3.05, 3.63) is 24.3 Å². The monoisotopic (exact) mass is 607 g/mol. The highest BCUT2D eigenvalue weighted by Crippen LogP contribution is 2.14. The second kappa shape index (κ2) is 37.1. The van der Waals surface area contributed by atoms with Gasteiger partial charge >= 0.3 is 5.97 Å². The van der Waals surface area contributed by atoms with Crippen LogP contribution in [0.25, 0.3) is 0 Å².